The highest BCUT2D eigenvalue weighted by Gasteiger charge is 2.28. The first kappa shape index (κ1) is 31.4. The number of carbonyl (C=O) groups is 4. The van der Waals surface area contributed by atoms with Gasteiger partial charge in [-0.2, -0.15) is 0 Å². The Hall–Kier alpha value is -2.62. The number of amides is 2. The summed E-state index contributed by atoms with van der Waals surface area (Å²) in [7, 11) is 0. The minimum Gasteiger partial charge on any atom is -0.396 e. The lowest BCUT2D eigenvalue weighted by Gasteiger charge is -2.23. The Morgan fingerprint density at radius 2 is 1.72 bits per heavy atom. The average Bonchev–Trinajstić information content (AvgIpc) is 2.86. The van der Waals surface area contributed by atoms with E-state index < -0.39 is 12.0 Å². The van der Waals surface area contributed by atoms with Crippen LogP contribution in [0.25, 0.3) is 0 Å². The summed E-state index contributed by atoms with van der Waals surface area (Å²) in [4.78, 5) is 50.2. The van der Waals surface area contributed by atoms with Gasteiger partial charge in [-0.05, 0) is 37.2 Å². The Kier molecular flexibility index (Phi) is 16.2. The first-order valence-corrected chi connectivity index (χ1v) is 12.8. The molecule has 0 saturated heterocycles. The van der Waals surface area contributed by atoms with Gasteiger partial charge in [-0.15, -0.1) is 0 Å². The fourth-order valence-electron chi connectivity index (χ4n) is 3.72. The summed E-state index contributed by atoms with van der Waals surface area (Å²) in [6.07, 6.45) is 2.09. The van der Waals surface area contributed by atoms with E-state index in [1.807, 2.05) is 44.2 Å². The molecule has 0 aliphatic carbocycles. The summed E-state index contributed by atoms with van der Waals surface area (Å²) >= 11 is 0. The first-order chi connectivity index (χ1) is 17.3. The number of ether oxygens (including phenoxy) is 1. The largest absolute Gasteiger partial charge is 0.396 e. The molecule has 2 amide bonds. The minimum absolute atomic E-state index is 0.00589. The molecule has 9 heteroatoms. The lowest BCUT2D eigenvalue weighted by atomic mass is 9.91. The molecular weight excluding hydrogens is 462 g/mol. The van der Waals surface area contributed by atoms with Crippen molar-refractivity contribution in [2.45, 2.75) is 64.8 Å². The molecule has 0 saturated carbocycles. The van der Waals surface area contributed by atoms with Gasteiger partial charge < -0.3 is 26.2 Å². The second kappa shape index (κ2) is 18.6. The Morgan fingerprint density at radius 1 is 1.03 bits per heavy atom. The summed E-state index contributed by atoms with van der Waals surface area (Å²) < 4.78 is 5.31. The molecule has 202 valence electrons. The molecule has 0 bridgehead atoms. The van der Waals surface area contributed by atoms with E-state index in [4.69, 9.17) is 15.6 Å². The fourth-order valence-corrected chi connectivity index (χ4v) is 3.72. The van der Waals surface area contributed by atoms with Crippen molar-refractivity contribution in [3.8, 4) is 0 Å². The SMILES string of the molecule is CC(C)CC(NC(=O)C(CC(=O)CN)Cc1ccccc1)C(=O)CCC(=O)NCCCOCCCO. The van der Waals surface area contributed by atoms with Gasteiger partial charge in [0.1, 0.15) is 5.78 Å². The molecule has 36 heavy (non-hydrogen) atoms. The van der Waals surface area contributed by atoms with Crippen LogP contribution in [0.3, 0.4) is 0 Å². The topological polar surface area (TPSA) is 148 Å². The van der Waals surface area contributed by atoms with Gasteiger partial charge in [0.15, 0.2) is 5.78 Å². The molecule has 0 aliphatic rings. The number of Topliss-reactive ketones (excluding diaryl/α,β-unsaturated/α-hetero) is 2. The smallest absolute Gasteiger partial charge is 0.224 e. The van der Waals surface area contributed by atoms with Crippen molar-refractivity contribution in [3.05, 3.63) is 35.9 Å². The highest BCUT2D eigenvalue weighted by atomic mass is 16.5. The van der Waals surface area contributed by atoms with Crippen LogP contribution >= 0.6 is 0 Å². The second-order valence-corrected chi connectivity index (χ2v) is 9.38. The number of nitrogens with one attached hydrogen (secondary N) is 2. The molecule has 5 N–H and O–H groups in total. The Balaban J connectivity index is 2.64. The standard InChI is InChI=1S/C27H43N3O6/c1-20(2)16-24(25(33)10-11-26(34)29-12-6-14-36-15-7-13-31)30-27(35)22(18-23(32)19-28)17-21-8-4-3-5-9-21/h3-5,8-9,20,22,24,31H,6-7,10-19,28H2,1-2H3,(H,29,34)(H,30,35). The minimum atomic E-state index is -0.725. The summed E-state index contributed by atoms with van der Waals surface area (Å²) in [5, 5.41) is 14.3. The average molecular weight is 506 g/mol. The van der Waals surface area contributed by atoms with Crippen LogP contribution in [0.5, 0.6) is 0 Å². The number of rotatable bonds is 20. The van der Waals surface area contributed by atoms with Crippen LogP contribution in [-0.4, -0.2) is 67.4 Å². The maximum Gasteiger partial charge on any atom is 0.224 e. The number of nitrogens with two attached hydrogens (primary N) is 1. The molecule has 0 fully saturated rings. The van der Waals surface area contributed by atoms with Gasteiger partial charge in [0.2, 0.25) is 11.8 Å². The molecule has 2 atom stereocenters. The van der Waals surface area contributed by atoms with Crippen molar-refractivity contribution in [1.82, 2.24) is 10.6 Å². The maximum absolute atomic E-state index is 13.1. The van der Waals surface area contributed by atoms with E-state index in [9.17, 15) is 19.2 Å². The van der Waals surface area contributed by atoms with E-state index in [1.54, 1.807) is 0 Å². The third kappa shape index (κ3) is 14.1. The highest BCUT2D eigenvalue weighted by Crippen LogP contribution is 2.16. The third-order valence-electron chi connectivity index (χ3n) is 5.64. The van der Waals surface area contributed by atoms with Crippen molar-refractivity contribution in [1.29, 1.82) is 0 Å². The molecule has 0 aliphatic heterocycles. The van der Waals surface area contributed by atoms with E-state index in [1.165, 1.54) is 0 Å². The van der Waals surface area contributed by atoms with Crippen LogP contribution in [0.4, 0.5) is 0 Å². The Morgan fingerprint density at radius 3 is 2.36 bits per heavy atom. The number of aliphatic hydroxyl groups is 1. The van der Waals surface area contributed by atoms with Crippen LogP contribution < -0.4 is 16.4 Å². The van der Waals surface area contributed by atoms with Gasteiger partial charge in [-0.25, -0.2) is 0 Å². The molecule has 9 nitrogen and oxygen atoms in total. The molecule has 0 heterocycles. The summed E-state index contributed by atoms with van der Waals surface area (Å²) in [6.45, 7) is 5.27. The van der Waals surface area contributed by atoms with Crippen molar-refractivity contribution in [2.24, 2.45) is 17.6 Å². The zero-order valence-corrected chi connectivity index (χ0v) is 21.7. The van der Waals surface area contributed by atoms with Gasteiger partial charge in [0, 0.05) is 51.5 Å². The zero-order chi connectivity index (χ0) is 26.8. The van der Waals surface area contributed by atoms with E-state index in [-0.39, 0.29) is 61.7 Å². The number of aliphatic hydroxyl groups excluding tert-OH is 1. The van der Waals surface area contributed by atoms with Crippen molar-refractivity contribution < 1.29 is 29.0 Å². The van der Waals surface area contributed by atoms with Crippen LogP contribution in [0.1, 0.15) is 57.9 Å². The molecule has 2 unspecified atom stereocenters. The Labute approximate surface area is 214 Å². The second-order valence-electron chi connectivity index (χ2n) is 9.38. The number of benzene rings is 1. The quantitative estimate of drug-likeness (QED) is 0.197. The van der Waals surface area contributed by atoms with Crippen molar-refractivity contribution in [2.75, 3.05) is 32.9 Å². The molecular formula is C27H43N3O6. The van der Waals surface area contributed by atoms with Crippen LogP contribution in [-0.2, 0) is 30.3 Å². The predicted octanol–water partition coefficient (Wildman–Crippen LogP) is 1.55. The van der Waals surface area contributed by atoms with Crippen LogP contribution in [0.2, 0.25) is 0 Å². The summed E-state index contributed by atoms with van der Waals surface area (Å²) in [5.74, 6) is -1.49. The zero-order valence-electron chi connectivity index (χ0n) is 21.7. The predicted molar refractivity (Wildman–Crippen MR) is 138 cm³/mol. The van der Waals surface area contributed by atoms with Gasteiger partial charge in [-0.3, -0.25) is 19.2 Å². The molecule has 0 aromatic heterocycles. The lowest BCUT2D eigenvalue weighted by molar-refractivity contribution is -0.133. The lowest BCUT2D eigenvalue weighted by Crippen LogP contribution is -2.45. The first-order valence-electron chi connectivity index (χ1n) is 12.8. The number of hydrogen-bond acceptors (Lipinski definition) is 7. The maximum atomic E-state index is 13.1. The highest BCUT2D eigenvalue weighted by molar-refractivity contribution is 5.93. The van der Waals surface area contributed by atoms with Crippen LogP contribution in [0.15, 0.2) is 30.3 Å². The summed E-state index contributed by atoms with van der Waals surface area (Å²) in [6, 6.07) is 8.68. The van der Waals surface area contributed by atoms with E-state index in [0.717, 1.165) is 5.56 Å². The van der Waals surface area contributed by atoms with E-state index in [0.29, 0.717) is 45.4 Å². The van der Waals surface area contributed by atoms with Gasteiger partial charge >= 0.3 is 0 Å². The van der Waals surface area contributed by atoms with Gasteiger partial charge in [-0.1, -0.05) is 44.2 Å². The Bertz CT molecular complexity index is 800. The third-order valence-corrected chi connectivity index (χ3v) is 5.64. The molecule has 0 radical (unpaired) electrons. The van der Waals surface area contributed by atoms with Crippen molar-refractivity contribution in [3.63, 3.8) is 0 Å². The molecule has 1 aromatic rings. The number of ketones is 2. The van der Waals surface area contributed by atoms with Gasteiger partial charge in [0.25, 0.3) is 0 Å². The van der Waals surface area contributed by atoms with E-state index in [2.05, 4.69) is 10.6 Å². The normalized spacial score (nSPS) is 12.7. The molecule has 1 aromatic carbocycles. The van der Waals surface area contributed by atoms with Crippen LogP contribution in [0, 0.1) is 11.8 Å². The number of carbonyl (C=O) groups excluding carboxylic acids is 4. The molecule has 1 rings (SSSR count). The fraction of sp³-hybridized carbons (Fsp3) is 0.630. The van der Waals surface area contributed by atoms with Crippen molar-refractivity contribution >= 4 is 23.4 Å². The molecule has 0 spiro atoms. The van der Waals surface area contributed by atoms with E-state index >= 15 is 0 Å². The summed E-state index contributed by atoms with van der Waals surface area (Å²) in [5.41, 5.74) is 6.40. The van der Waals surface area contributed by atoms with Gasteiger partial charge in [0.05, 0.1) is 12.6 Å². The number of hydrogen-bond donors (Lipinski definition) is 4. The monoisotopic (exact) mass is 505 g/mol.